The Hall–Kier alpha value is -3.05. The Bertz CT molecular complexity index is 1080. The normalized spacial score (nSPS) is 18.4. The molecule has 5 heteroatoms. The van der Waals surface area contributed by atoms with Crippen LogP contribution in [0, 0.1) is 18.8 Å². The molecule has 0 N–H and O–H groups in total. The lowest BCUT2D eigenvalue weighted by Gasteiger charge is -2.30. The van der Waals surface area contributed by atoms with Crippen molar-refractivity contribution in [3.8, 4) is 5.75 Å². The number of likely N-dealkylation sites (tertiary alicyclic amines) is 1. The largest absolute Gasteiger partial charge is 0.496 e. The summed E-state index contributed by atoms with van der Waals surface area (Å²) in [6.07, 6.45) is 0. The SMILES string of the molecule is COc1ccccc1C1CN(Cc2ccc(C)o2)CC1CN(Cc1ccccc1)C(=O)C(C)C. The van der Waals surface area contributed by atoms with E-state index in [1.54, 1.807) is 7.11 Å². The second-order valence-corrected chi connectivity index (χ2v) is 9.67. The van der Waals surface area contributed by atoms with Gasteiger partial charge in [0.2, 0.25) is 5.91 Å². The lowest BCUT2D eigenvalue weighted by atomic mass is 9.87. The summed E-state index contributed by atoms with van der Waals surface area (Å²) in [7, 11) is 1.73. The third-order valence-electron chi connectivity index (χ3n) is 6.71. The molecule has 5 nitrogen and oxygen atoms in total. The molecule has 1 saturated heterocycles. The Balaban J connectivity index is 1.60. The van der Waals surface area contributed by atoms with Crippen LogP contribution in [-0.4, -0.2) is 42.5 Å². The molecule has 1 fully saturated rings. The van der Waals surface area contributed by atoms with Gasteiger partial charge in [0.15, 0.2) is 0 Å². The zero-order valence-corrected chi connectivity index (χ0v) is 20.7. The van der Waals surface area contributed by atoms with Crippen LogP contribution in [0.4, 0.5) is 0 Å². The van der Waals surface area contributed by atoms with Crippen LogP contribution in [0.1, 0.15) is 42.4 Å². The average molecular weight is 461 g/mol. The summed E-state index contributed by atoms with van der Waals surface area (Å²) in [5, 5.41) is 0. The Morgan fingerprint density at radius 2 is 1.79 bits per heavy atom. The van der Waals surface area contributed by atoms with Gasteiger partial charge < -0.3 is 14.1 Å². The number of amides is 1. The molecule has 0 spiro atoms. The van der Waals surface area contributed by atoms with Crippen LogP contribution < -0.4 is 4.74 Å². The van der Waals surface area contributed by atoms with E-state index in [1.165, 1.54) is 5.56 Å². The molecule has 2 heterocycles. The summed E-state index contributed by atoms with van der Waals surface area (Å²) in [5.74, 6) is 3.54. The van der Waals surface area contributed by atoms with Gasteiger partial charge >= 0.3 is 0 Å². The lowest BCUT2D eigenvalue weighted by Crippen LogP contribution is -2.39. The van der Waals surface area contributed by atoms with Gasteiger partial charge in [0.05, 0.1) is 13.7 Å². The molecule has 0 saturated carbocycles. The second-order valence-electron chi connectivity index (χ2n) is 9.67. The molecule has 2 atom stereocenters. The maximum atomic E-state index is 13.2. The molecule has 180 valence electrons. The highest BCUT2D eigenvalue weighted by Gasteiger charge is 2.37. The zero-order valence-electron chi connectivity index (χ0n) is 20.7. The minimum Gasteiger partial charge on any atom is -0.496 e. The first kappa shape index (κ1) is 24.1. The van der Waals surface area contributed by atoms with E-state index in [9.17, 15) is 4.79 Å². The lowest BCUT2D eigenvalue weighted by molar-refractivity contribution is -0.135. The topological polar surface area (TPSA) is 45.9 Å². The summed E-state index contributed by atoms with van der Waals surface area (Å²) in [6, 6.07) is 22.6. The van der Waals surface area contributed by atoms with E-state index in [2.05, 4.69) is 35.2 Å². The summed E-state index contributed by atoms with van der Waals surface area (Å²) < 4.78 is 11.6. The van der Waals surface area contributed by atoms with Gasteiger partial charge in [0, 0.05) is 38.0 Å². The zero-order chi connectivity index (χ0) is 24.1. The van der Waals surface area contributed by atoms with E-state index in [1.807, 2.05) is 62.1 Å². The van der Waals surface area contributed by atoms with Crippen LogP contribution in [0.3, 0.4) is 0 Å². The summed E-state index contributed by atoms with van der Waals surface area (Å²) in [5.41, 5.74) is 2.37. The van der Waals surface area contributed by atoms with Crippen molar-refractivity contribution >= 4 is 5.91 Å². The monoisotopic (exact) mass is 460 g/mol. The van der Waals surface area contributed by atoms with Crippen molar-refractivity contribution < 1.29 is 13.9 Å². The van der Waals surface area contributed by atoms with Crippen molar-refractivity contribution in [2.24, 2.45) is 11.8 Å². The number of ether oxygens (including phenoxy) is 1. The smallest absolute Gasteiger partial charge is 0.225 e. The molecule has 2 aromatic carbocycles. The van der Waals surface area contributed by atoms with Gasteiger partial charge in [-0.25, -0.2) is 0 Å². The van der Waals surface area contributed by atoms with E-state index < -0.39 is 0 Å². The highest BCUT2D eigenvalue weighted by molar-refractivity contribution is 5.78. The maximum Gasteiger partial charge on any atom is 0.225 e. The van der Waals surface area contributed by atoms with Gasteiger partial charge in [-0.15, -0.1) is 0 Å². The standard InChI is InChI=1S/C29H36N2O3/c1-21(2)29(32)31(16-23-10-6-5-7-11-23)18-24-17-30(19-25-15-14-22(3)34-25)20-27(24)26-12-8-9-13-28(26)33-4/h5-15,21,24,27H,16-20H2,1-4H3. The van der Waals surface area contributed by atoms with E-state index in [-0.39, 0.29) is 17.7 Å². The molecule has 1 aromatic heterocycles. The number of carbonyl (C=O) groups excluding carboxylic acids is 1. The number of para-hydroxylation sites is 1. The molecular formula is C29H36N2O3. The number of carbonyl (C=O) groups is 1. The predicted molar refractivity (Wildman–Crippen MR) is 135 cm³/mol. The van der Waals surface area contributed by atoms with Gasteiger partial charge in [-0.1, -0.05) is 62.4 Å². The van der Waals surface area contributed by atoms with Crippen LogP contribution in [0.25, 0.3) is 0 Å². The Morgan fingerprint density at radius 1 is 1.06 bits per heavy atom. The number of hydrogen-bond donors (Lipinski definition) is 0. The van der Waals surface area contributed by atoms with Crippen LogP contribution in [0.2, 0.25) is 0 Å². The fraction of sp³-hybridized carbons (Fsp3) is 0.414. The van der Waals surface area contributed by atoms with Crippen molar-refractivity contribution in [2.45, 2.75) is 39.8 Å². The van der Waals surface area contributed by atoms with Crippen molar-refractivity contribution in [1.29, 1.82) is 0 Å². The minimum atomic E-state index is -0.0444. The van der Waals surface area contributed by atoms with Gasteiger partial charge in [0.25, 0.3) is 0 Å². The minimum absolute atomic E-state index is 0.0444. The highest BCUT2D eigenvalue weighted by Crippen LogP contribution is 2.38. The van der Waals surface area contributed by atoms with Crippen molar-refractivity contribution in [1.82, 2.24) is 9.80 Å². The van der Waals surface area contributed by atoms with Crippen molar-refractivity contribution in [3.05, 3.63) is 89.4 Å². The van der Waals surface area contributed by atoms with Crippen molar-refractivity contribution in [2.75, 3.05) is 26.7 Å². The van der Waals surface area contributed by atoms with Crippen LogP contribution >= 0.6 is 0 Å². The van der Waals surface area contributed by atoms with Gasteiger partial charge in [-0.05, 0) is 42.2 Å². The van der Waals surface area contributed by atoms with E-state index in [0.717, 1.165) is 42.5 Å². The third kappa shape index (κ3) is 5.71. The van der Waals surface area contributed by atoms with Gasteiger partial charge in [-0.3, -0.25) is 9.69 Å². The molecule has 1 aliphatic heterocycles. The van der Waals surface area contributed by atoms with Crippen LogP contribution in [0.5, 0.6) is 5.75 Å². The number of aryl methyl sites for hydroxylation is 1. The third-order valence-corrected chi connectivity index (χ3v) is 6.71. The molecular weight excluding hydrogens is 424 g/mol. The van der Waals surface area contributed by atoms with Gasteiger partial charge in [0.1, 0.15) is 17.3 Å². The highest BCUT2D eigenvalue weighted by atomic mass is 16.5. The van der Waals surface area contributed by atoms with Gasteiger partial charge in [-0.2, -0.15) is 0 Å². The fourth-order valence-corrected chi connectivity index (χ4v) is 5.07. The quantitative estimate of drug-likeness (QED) is 0.423. The van der Waals surface area contributed by atoms with E-state index in [0.29, 0.717) is 19.0 Å². The molecule has 1 aliphatic rings. The molecule has 2 unspecified atom stereocenters. The molecule has 34 heavy (non-hydrogen) atoms. The van der Waals surface area contributed by atoms with E-state index >= 15 is 0 Å². The Labute approximate surface area is 203 Å². The number of rotatable bonds is 9. The van der Waals surface area contributed by atoms with E-state index in [4.69, 9.17) is 9.15 Å². The summed E-state index contributed by atoms with van der Waals surface area (Å²) in [6.45, 7) is 9.86. The number of methoxy groups -OCH3 is 1. The van der Waals surface area contributed by atoms with Crippen molar-refractivity contribution in [3.63, 3.8) is 0 Å². The molecule has 0 bridgehead atoms. The average Bonchev–Trinajstić information content (AvgIpc) is 3.44. The summed E-state index contributed by atoms with van der Waals surface area (Å²) >= 11 is 0. The summed E-state index contributed by atoms with van der Waals surface area (Å²) in [4.78, 5) is 17.7. The van der Waals surface area contributed by atoms with Crippen LogP contribution in [-0.2, 0) is 17.9 Å². The van der Waals surface area contributed by atoms with Crippen LogP contribution in [0.15, 0.2) is 71.1 Å². The Kier molecular flexibility index (Phi) is 7.73. The molecule has 3 aromatic rings. The number of benzene rings is 2. The first-order valence-corrected chi connectivity index (χ1v) is 12.2. The predicted octanol–water partition coefficient (Wildman–Crippen LogP) is 5.50. The molecule has 4 rings (SSSR count). The molecule has 1 amide bonds. The second kappa shape index (κ2) is 10.9. The number of nitrogens with zero attached hydrogens (tertiary/aromatic N) is 2. The molecule has 0 aliphatic carbocycles. The first-order valence-electron chi connectivity index (χ1n) is 12.2. The molecule has 0 radical (unpaired) electrons. The number of hydrogen-bond acceptors (Lipinski definition) is 4. The Morgan fingerprint density at radius 3 is 2.47 bits per heavy atom. The fourth-order valence-electron chi connectivity index (χ4n) is 5.07. The first-order chi connectivity index (χ1) is 16.4. The maximum absolute atomic E-state index is 13.2. The number of furan rings is 1.